The second-order valence-corrected chi connectivity index (χ2v) is 7.44. The third-order valence-electron chi connectivity index (χ3n) is 5.20. The summed E-state index contributed by atoms with van der Waals surface area (Å²) in [4.78, 5) is 29.7. The van der Waals surface area contributed by atoms with Crippen molar-refractivity contribution in [3.05, 3.63) is 63.8 Å². The zero-order valence-corrected chi connectivity index (χ0v) is 16.1. The highest BCUT2D eigenvalue weighted by atomic mass is 19.4. The first-order valence-electron chi connectivity index (χ1n) is 9.55. The van der Waals surface area contributed by atoms with Crippen molar-refractivity contribution in [3.63, 3.8) is 0 Å². The van der Waals surface area contributed by atoms with Gasteiger partial charge in [0.25, 0.3) is 5.56 Å². The predicted octanol–water partition coefficient (Wildman–Crippen LogP) is 3.74. The van der Waals surface area contributed by atoms with Crippen molar-refractivity contribution in [1.29, 1.82) is 0 Å². The van der Waals surface area contributed by atoms with Crippen LogP contribution in [-0.4, -0.2) is 28.5 Å². The minimum atomic E-state index is -4.60. The molecule has 0 aromatic carbocycles. The molecular weight excluding hydrogens is 385 g/mol. The van der Waals surface area contributed by atoms with Gasteiger partial charge in [0.1, 0.15) is 0 Å². The van der Waals surface area contributed by atoms with Gasteiger partial charge in [-0.15, -0.1) is 0 Å². The Morgan fingerprint density at radius 1 is 1.24 bits per heavy atom. The smallest absolute Gasteiger partial charge is 0.381 e. The Hall–Kier alpha value is -2.48. The van der Waals surface area contributed by atoms with Gasteiger partial charge in [0, 0.05) is 37.4 Å². The van der Waals surface area contributed by atoms with Crippen molar-refractivity contribution in [2.75, 3.05) is 13.2 Å². The molecule has 3 heterocycles. The molecule has 1 aliphatic heterocycles. The maximum Gasteiger partial charge on any atom is 0.417 e. The Morgan fingerprint density at radius 2 is 1.97 bits per heavy atom. The predicted molar refractivity (Wildman–Crippen MR) is 101 cm³/mol. The highest BCUT2D eigenvalue weighted by Crippen LogP contribution is 2.31. The molecule has 1 saturated heterocycles. The summed E-state index contributed by atoms with van der Waals surface area (Å²) in [7, 11) is 0. The highest BCUT2D eigenvalue weighted by molar-refractivity contribution is 5.84. The van der Waals surface area contributed by atoms with E-state index >= 15 is 0 Å². The van der Waals surface area contributed by atoms with Crippen LogP contribution in [0, 0.1) is 12.8 Å². The van der Waals surface area contributed by atoms with Gasteiger partial charge in [-0.3, -0.25) is 14.6 Å². The number of Topliss-reactive ketones (excluding diaryl/α,β-unsaturated/α-hetero) is 1. The van der Waals surface area contributed by atoms with Crippen LogP contribution in [0.5, 0.6) is 0 Å². The maximum atomic E-state index is 13.2. The largest absolute Gasteiger partial charge is 0.417 e. The van der Waals surface area contributed by atoms with E-state index in [0.717, 1.165) is 28.5 Å². The first-order chi connectivity index (χ1) is 13.7. The summed E-state index contributed by atoms with van der Waals surface area (Å²) in [6, 6.07) is 4.18. The number of carbonyl (C=O) groups excluding carboxylic acids is 1. The van der Waals surface area contributed by atoms with Crippen LogP contribution in [0.3, 0.4) is 0 Å². The van der Waals surface area contributed by atoms with E-state index in [2.05, 4.69) is 4.98 Å². The van der Waals surface area contributed by atoms with Gasteiger partial charge < -0.3 is 9.30 Å². The van der Waals surface area contributed by atoms with E-state index < -0.39 is 23.3 Å². The lowest BCUT2D eigenvalue weighted by molar-refractivity contribution is -0.138. The minimum absolute atomic E-state index is 0.0448. The van der Waals surface area contributed by atoms with E-state index in [1.165, 1.54) is 0 Å². The van der Waals surface area contributed by atoms with E-state index in [9.17, 15) is 22.8 Å². The van der Waals surface area contributed by atoms with Crippen molar-refractivity contribution >= 4 is 5.78 Å². The summed E-state index contributed by atoms with van der Waals surface area (Å²) < 4.78 is 45.8. The number of aryl methyl sites for hydroxylation is 1. The first kappa shape index (κ1) is 21.2. The molecule has 3 rings (SSSR count). The lowest BCUT2D eigenvalue weighted by atomic mass is 9.89. The number of hydrogen-bond acceptors (Lipinski definition) is 4. The molecule has 29 heavy (non-hydrogen) atoms. The van der Waals surface area contributed by atoms with Crippen LogP contribution in [0.2, 0.25) is 0 Å². The van der Waals surface area contributed by atoms with Crippen molar-refractivity contribution in [1.82, 2.24) is 9.55 Å². The Labute approximate surface area is 166 Å². The second-order valence-electron chi connectivity index (χ2n) is 7.44. The van der Waals surface area contributed by atoms with Gasteiger partial charge in [0.15, 0.2) is 5.78 Å². The molecule has 8 heteroatoms. The number of rotatable bonds is 6. The quantitative estimate of drug-likeness (QED) is 0.731. The van der Waals surface area contributed by atoms with E-state index in [1.807, 2.05) is 13.0 Å². The molecule has 0 N–H and O–H groups in total. The summed E-state index contributed by atoms with van der Waals surface area (Å²) >= 11 is 0. The average molecular weight is 408 g/mol. The summed E-state index contributed by atoms with van der Waals surface area (Å²) in [5.41, 5.74) is -0.109. The average Bonchev–Trinajstić information content (AvgIpc) is 2.68. The topological polar surface area (TPSA) is 61.2 Å². The van der Waals surface area contributed by atoms with E-state index in [-0.39, 0.29) is 18.1 Å². The molecule has 0 radical (unpaired) electrons. The molecule has 1 fully saturated rings. The fourth-order valence-corrected chi connectivity index (χ4v) is 3.51. The number of carbonyl (C=O) groups is 1. The van der Waals surface area contributed by atoms with Crippen LogP contribution in [0.1, 0.15) is 42.1 Å². The number of pyridine rings is 2. The third-order valence-corrected chi connectivity index (χ3v) is 5.20. The Bertz CT molecular complexity index is 901. The van der Waals surface area contributed by atoms with Crippen molar-refractivity contribution in [2.45, 2.75) is 44.8 Å². The molecule has 1 aliphatic rings. The van der Waals surface area contributed by atoms with Crippen molar-refractivity contribution in [2.24, 2.45) is 5.92 Å². The lowest BCUT2D eigenvalue weighted by Gasteiger charge is -2.27. The van der Waals surface area contributed by atoms with Crippen LogP contribution < -0.4 is 5.56 Å². The second kappa shape index (κ2) is 8.90. The van der Waals surface area contributed by atoms with E-state index in [0.29, 0.717) is 38.2 Å². The Kier molecular flexibility index (Phi) is 6.52. The summed E-state index contributed by atoms with van der Waals surface area (Å²) in [6.07, 6.45) is -0.535. The van der Waals surface area contributed by atoms with Crippen LogP contribution in [0.4, 0.5) is 13.2 Å². The molecule has 156 valence electrons. The standard InChI is InChI=1S/C21H23F3N2O3/c1-14-2-4-17(25-12-14)11-19(27)18(10-15-6-8-29-9-7-15)26-13-16(21(22,23)24)3-5-20(26)28/h2-5,12-13,15,18H,6-11H2,1H3/t18-/m0/s1. The summed E-state index contributed by atoms with van der Waals surface area (Å²) in [5, 5.41) is 0. The van der Waals surface area contributed by atoms with Crippen molar-refractivity contribution < 1.29 is 22.7 Å². The van der Waals surface area contributed by atoms with Gasteiger partial charge in [-0.05, 0) is 49.8 Å². The monoisotopic (exact) mass is 408 g/mol. The molecule has 0 saturated carbocycles. The Morgan fingerprint density at radius 3 is 2.59 bits per heavy atom. The maximum absolute atomic E-state index is 13.2. The third kappa shape index (κ3) is 5.53. The molecule has 0 spiro atoms. The molecule has 0 unspecified atom stereocenters. The number of nitrogens with zero attached hydrogens (tertiary/aromatic N) is 2. The molecule has 0 bridgehead atoms. The van der Waals surface area contributed by atoms with Crippen molar-refractivity contribution in [3.8, 4) is 0 Å². The molecular formula is C21H23F3N2O3. The number of ketones is 1. The molecule has 1 atom stereocenters. The molecule has 0 amide bonds. The number of halogens is 3. The number of ether oxygens (including phenoxy) is 1. The minimum Gasteiger partial charge on any atom is -0.381 e. The zero-order valence-electron chi connectivity index (χ0n) is 16.1. The molecule has 0 aliphatic carbocycles. The van der Waals surface area contributed by atoms with E-state index in [1.54, 1.807) is 12.3 Å². The Balaban J connectivity index is 1.93. The normalized spacial score (nSPS) is 16.6. The summed E-state index contributed by atoms with van der Waals surface area (Å²) in [6.45, 7) is 2.96. The number of hydrogen-bond donors (Lipinski definition) is 0. The van der Waals surface area contributed by atoms with Gasteiger partial charge in [-0.1, -0.05) is 6.07 Å². The molecule has 2 aromatic rings. The summed E-state index contributed by atoms with van der Waals surface area (Å²) in [5.74, 6) is -0.223. The molecule has 2 aromatic heterocycles. The van der Waals surface area contributed by atoms with Gasteiger partial charge >= 0.3 is 6.18 Å². The van der Waals surface area contributed by atoms with Gasteiger partial charge in [0.2, 0.25) is 0 Å². The van der Waals surface area contributed by atoms with Gasteiger partial charge in [0.05, 0.1) is 18.0 Å². The number of alkyl halides is 3. The van der Waals surface area contributed by atoms with Crippen LogP contribution in [0.25, 0.3) is 0 Å². The van der Waals surface area contributed by atoms with Crippen LogP contribution in [-0.2, 0) is 22.1 Å². The van der Waals surface area contributed by atoms with E-state index in [4.69, 9.17) is 4.74 Å². The van der Waals surface area contributed by atoms with Crippen LogP contribution in [0.15, 0.2) is 41.5 Å². The fraction of sp³-hybridized carbons (Fsp3) is 0.476. The lowest BCUT2D eigenvalue weighted by Crippen LogP contribution is -2.33. The number of aromatic nitrogens is 2. The fourth-order valence-electron chi connectivity index (χ4n) is 3.51. The molecule has 5 nitrogen and oxygen atoms in total. The first-order valence-corrected chi connectivity index (χ1v) is 9.55. The van der Waals surface area contributed by atoms with Gasteiger partial charge in [-0.25, -0.2) is 0 Å². The highest BCUT2D eigenvalue weighted by Gasteiger charge is 2.33. The SMILES string of the molecule is Cc1ccc(CC(=O)[C@H](CC2CCOCC2)n2cc(C(F)(F)F)ccc2=O)nc1. The van der Waals surface area contributed by atoms with Crippen LogP contribution >= 0.6 is 0 Å². The van der Waals surface area contributed by atoms with Gasteiger partial charge in [-0.2, -0.15) is 13.2 Å². The zero-order chi connectivity index (χ0) is 21.0.